The van der Waals surface area contributed by atoms with Crippen LogP contribution in [0, 0.1) is 11.8 Å². The smallest absolute Gasteiger partial charge is 0.0951 e. The van der Waals surface area contributed by atoms with Crippen LogP contribution in [0.2, 0.25) is 0 Å². The predicted octanol–water partition coefficient (Wildman–Crippen LogP) is -0.00990. The molecule has 3 nitrogen and oxygen atoms in total. The Hall–Kier alpha value is -0.120. The van der Waals surface area contributed by atoms with Gasteiger partial charge in [0.15, 0.2) is 0 Å². The van der Waals surface area contributed by atoms with Crippen LogP contribution in [0.25, 0.3) is 0 Å². The first kappa shape index (κ1) is 8.48. The van der Waals surface area contributed by atoms with Gasteiger partial charge >= 0.3 is 0 Å². The van der Waals surface area contributed by atoms with Crippen molar-refractivity contribution >= 4 is 0 Å². The van der Waals surface area contributed by atoms with Crippen molar-refractivity contribution in [3.8, 4) is 0 Å². The molecule has 2 fully saturated rings. The molecule has 0 aromatic rings. The average Bonchev–Trinajstić information content (AvgIpc) is 2.53. The summed E-state index contributed by atoms with van der Waals surface area (Å²) in [5.74, 6) is 1.21. The zero-order chi connectivity index (χ0) is 8.72. The van der Waals surface area contributed by atoms with Crippen molar-refractivity contribution in [3.63, 3.8) is 0 Å². The molecular weight excluding hydrogens is 154 g/mol. The van der Waals surface area contributed by atoms with Gasteiger partial charge in [-0.25, -0.2) is 0 Å². The van der Waals surface area contributed by atoms with E-state index in [-0.39, 0.29) is 18.2 Å². The van der Waals surface area contributed by atoms with Crippen LogP contribution >= 0.6 is 0 Å². The van der Waals surface area contributed by atoms with Gasteiger partial charge in [0.05, 0.1) is 24.9 Å². The molecule has 0 spiro atoms. The lowest BCUT2D eigenvalue weighted by atomic mass is 9.90. The van der Waals surface area contributed by atoms with Crippen molar-refractivity contribution in [1.82, 2.24) is 5.32 Å². The molecule has 0 saturated carbocycles. The second kappa shape index (κ2) is 2.98. The molecule has 70 valence electrons. The van der Waals surface area contributed by atoms with E-state index in [1.165, 1.54) is 0 Å². The lowest BCUT2D eigenvalue weighted by molar-refractivity contribution is 0.0504. The van der Waals surface area contributed by atoms with Gasteiger partial charge in [-0.3, -0.25) is 0 Å². The molecule has 0 radical (unpaired) electrons. The molecule has 2 heterocycles. The van der Waals surface area contributed by atoms with E-state index in [2.05, 4.69) is 19.2 Å². The number of aliphatic hydroxyl groups excluding tert-OH is 1. The highest BCUT2D eigenvalue weighted by molar-refractivity contribution is 5.00. The molecular formula is C9H17NO2. The van der Waals surface area contributed by atoms with Crippen LogP contribution in [0.3, 0.4) is 0 Å². The minimum absolute atomic E-state index is 0.192. The van der Waals surface area contributed by atoms with E-state index in [9.17, 15) is 5.11 Å². The number of rotatable bonds is 1. The van der Waals surface area contributed by atoms with Crippen molar-refractivity contribution in [1.29, 1.82) is 0 Å². The fourth-order valence-electron chi connectivity index (χ4n) is 2.28. The molecule has 4 atom stereocenters. The van der Waals surface area contributed by atoms with Gasteiger partial charge in [-0.15, -0.1) is 0 Å². The molecule has 0 unspecified atom stereocenters. The summed E-state index contributed by atoms with van der Waals surface area (Å²) in [6, 6.07) is 0.192. The maximum absolute atomic E-state index is 9.51. The van der Waals surface area contributed by atoms with Gasteiger partial charge in [-0.2, -0.15) is 0 Å². The Morgan fingerprint density at radius 2 is 2.25 bits per heavy atom. The first-order chi connectivity index (χ1) is 5.70. The summed E-state index contributed by atoms with van der Waals surface area (Å²) in [4.78, 5) is 0. The summed E-state index contributed by atoms with van der Waals surface area (Å²) in [5.41, 5.74) is 0. The van der Waals surface area contributed by atoms with Gasteiger partial charge in [0.1, 0.15) is 0 Å². The largest absolute Gasteiger partial charge is 0.389 e. The van der Waals surface area contributed by atoms with Crippen LogP contribution < -0.4 is 5.32 Å². The van der Waals surface area contributed by atoms with E-state index in [1.807, 2.05) is 0 Å². The average molecular weight is 171 g/mol. The monoisotopic (exact) mass is 171 g/mol. The summed E-state index contributed by atoms with van der Waals surface area (Å²) >= 11 is 0. The van der Waals surface area contributed by atoms with Crippen LogP contribution in [-0.4, -0.2) is 36.5 Å². The first-order valence-electron chi connectivity index (χ1n) is 4.73. The first-order valence-corrected chi connectivity index (χ1v) is 4.73. The molecule has 2 rings (SSSR count). The summed E-state index contributed by atoms with van der Waals surface area (Å²) in [5, 5.41) is 12.8. The molecule has 0 amide bonds. The van der Waals surface area contributed by atoms with Crippen LogP contribution in [-0.2, 0) is 4.74 Å². The van der Waals surface area contributed by atoms with Crippen molar-refractivity contribution in [2.45, 2.75) is 32.1 Å². The van der Waals surface area contributed by atoms with Gasteiger partial charge in [0.25, 0.3) is 0 Å². The Morgan fingerprint density at radius 1 is 1.50 bits per heavy atom. The van der Waals surface area contributed by atoms with Crippen molar-refractivity contribution < 1.29 is 9.84 Å². The van der Waals surface area contributed by atoms with E-state index in [1.54, 1.807) is 0 Å². The molecule has 0 aromatic heterocycles. The Balaban J connectivity index is 2.05. The number of hydrogen-bond donors (Lipinski definition) is 2. The highest BCUT2D eigenvalue weighted by Gasteiger charge is 2.46. The van der Waals surface area contributed by atoms with E-state index < -0.39 is 0 Å². The molecule has 12 heavy (non-hydrogen) atoms. The third-order valence-electron chi connectivity index (χ3n) is 3.10. The van der Waals surface area contributed by atoms with E-state index in [0.717, 1.165) is 6.54 Å². The van der Waals surface area contributed by atoms with Crippen LogP contribution in [0.15, 0.2) is 0 Å². The summed E-state index contributed by atoms with van der Waals surface area (Å²) < 4.78 is 5.55. The molecule has 2 N–H and O–H groups in total. The van der Waals surface area contributed by atoms with Crippen LogP contribution in [0.1, 0.15) is 13.8 Å². The lowest BCUT2D eigenvalue weighted by Gasteiger charge is -2.19. The molecule has 2 aliphatic rings. The summed E-state index contributed by atoms with van der Waals surface area (Å²) in [7, 11) is 0. The number of fused-ring (bicyclic) bond motifs is 1. The zero-order valence-electron chi connectivity index (χ0n) is 7.66. The predicted molar refractivity (Wildman–Crippen MR) is 45.9 cm³/mol. The van der Waals surface area contributed by atoms with Crippen molar-refractivity contribution in [3.05, 3.63) is 0 Å². The maximum atomic E-state index is 9.51. The SMILES string of the molecule is CC(C)[C@H]1CN[C@H]2[C@@H]1OC[C@@H]2O. The van der Waals surface area contributed by atoms with Gasteiger partial charge < -0.3 is 15.2 Å². The minimum Gasteiger partial charge on any atom is -0.389 e. The molecule has 0 bridgehead atoms. The second-order valence-electron chi connectivity index (χ2n) is 4.21. The Bertz CT molecular complexity index is 172. The van der Waals surface area contributed by atoms with E-state index in [0.29, 0.717) is 18.4 Å². The molecule has 3 heteroatoms. The van der Waals surface area contributed by atoms with Crippen LogP contribution in [0.4, 0.5) is 0 Å². The Kier molecular flexibility index (Phi) is 2.10. The van der Waals surface area contributed by atoms with Gasteiger partial charge in [0.2, 0.25) is 0 Å². The molecule has 0 aromatic carbocycles. The number of hydrogen-bond acceptors (Lipinski definition) is 3. The van der Waals surface area contributed by atoms with Gasteiger partial charge in [-0.05, 0) is 5.92 Å². The second-order valence-corrected chi connectivity index (χ2v) is 4.21. The lowest BCUT2D eigenvalue weighted by Crippen LogP contribution is -2.36. The molecule has 2 aliphatic heterocycles. The summed E-state index contributed by atoms with van der Waals surface area (Å²) in [6.07, 6.45) is -0.0428. The quantitative estimate of drug-likeness (QED) is 0.583. The third-order valence-corrected chi connectivity index (χ3v) is 3.10. The number of ether oxygens (including phenoxy) is 1. The highest BCUT2D eigenvalue weighted by Crippen LogP contribution is 2.31. The maximum Gasteiger partial charge on any atom is 0.0951 e. The standard InChI is InChI=1S/C9H17NO2/c1-5(2)6-3-10-8-7(11)4-12-9(6)8/h5-11H,3-4H2,1-2H3/t6-,7+,8-,9-/m1/s1. The normalized spacial score (nSPS) is 47.0. The van der Waals surface area contributed by atoms with Crippen LogP contribution in [0.5, 0.6) is 0 Å². The zero-order valence-corrected chi connectivity index (χ0v) is 7.66. The number of aliphatic hydroxyl groups is 1. The van der Waals surface area contributed by atoms with E-state index in [4.69, 9.17) is 4.74 Å². The third kappa shape index (κ3) is 1.16. The van der Waals surface area contributed by atoms with Gasteiger partial charge in [-0.1, -0.05) is 13.8 Å². The molecule has 0 aliphatic carbocycles. The molecule has 2 saturated heterocycles. The number of nitrogens with one attached hydrogen (secondary N) is 1. The minimum atomic E-state index is -0.293. The summed E-state index contributed by atoms with van der Waals surface area (Å²) in [6.45, 7) is 5.92. The topological polar surface area (TPSA) is 41.5 Å². The Labute approximate surface area is 73.1 Å². The van der Waals surface area contributed by atoms with E-state index >= 15 is 0 Å². The highest BCUT2D eigenvalue weighted by atomic mass is 16.5. The van der Waals surface area contributed by atoms with Crippen molar-refractivity contribution in [2.75, 3.05) is 13.2 Å². The fourth-order valence-corrected chi connectivity index (χ4v) is 2.28. The fraction of sp³-hybridized carbons (Fsp3) is 1.00. The Morgan fingerprint density at radius 3 is 2.92 bits per heavy atom. The van der Waals surface area contributed by atoms with Crippen molar-refractivity contribution in [2.24, 2.45) is 11.8 Å². The van der Waals surface area contributed by atoms with Gasteiger partial charge in [0, 0.05) is 12.5 Å².